The number of amides is 1. The summed E-state index contributed by atoms with van der Waals surface area (Å²) in [5, 5.41) is 0. The van der Waals surface area contributed by atoms with Crippen LogP contribution in [0.15, 0.2) is 24.3 Å². The summed E-state index contributed by atoms with van der Waals surface area (Å²) >= 11 is 0. The van der Waals surface area contributed by atoms with Crippen molar-refractivity contribution in [1.29, 1.82) is 0 Å². The fraction of sp³-hybridized carbons (Fsp3) is 0.632. The second kappa shape index (κ2) is 6.81. The molecule has 1 aromatic rings. The van der Waals surface area contributed by atoms with Gasteiger partial charge in [-0.3, -0.25) is 9.69 Å². The van der Waals surface area contributed by atoms with Crippen molar-refractivity contribution < 1.29 is 13.9 Å². The van der Waals surface area contributed by atoms with Gasteiger partial charge in [0.05, 0.1) is 24.3 Å². The second-order valence-electron chi connectivity index (χ2n) is 7.60. The number of hydrogen-bond donors (Lipinski definition) is 0. The summed E-state index contributed by atoms with van der Waals surface area (Å²) in [7, 11) is 0. The van der Waals surface area contributed by atoms with Crippen LogP contribution in [0.3, 0.4) is 0 Å². The van der Waals surface area contributed by atoms with Crippen LogP contribution >= 0.6 is 0 Å². The maximum Gasteiger partial charge on any atom is 0.240 e. The first kappa shape index (κ1) is 17.4. The van der Waals surface area contributed by atoms with E-state index in [0.29, 0.717) is 25.3 Å². The van der Waals surface area contributed by atoms with Crippen LogP contribution in [0, 0.1) is 5.82 Å². The van der Waals surface area contributed by atoms with Crippen LogP contribution in [-0.4, -0.2) is 53.1 Å². The molecule has 0 aromatic heterocycles. The van der Waals surface area contributed by atoms with Gasteiger partial charge < -0.3 is 9.64 Å². The van der Waals surface area contributed by atoms with Crippen LogP contribution in [-0.2, 0) is 16.1 Å². The van der Waals surface area contributed by atoms with Crippen molar-refractivity contribution >= 4 is 5.91 Å². The Kier molecular flexibility index (Phi) is 4.92. The van der Waals surface area contributed by atoms with Gasteiger partial charge in [0, 0.05) is 18.7 Å². The van der Waals surface area contributed by atoms with Gasteiger partial charge in [-0.25, -0.2) is 4.39 Å². The number of halogens is 1. The Hall–Kier alpha value is -1.46. The van der Waals surface area contributed by atoms with Gasteiger partial charge in [-0.2, -0.15) is 0 Å². The van der Waals surface area contributed by atoms with Crippen molar-refractivity contribution in [3.63, 3.8) is 0 Å². The molecule has 2 aliphatic heterocycles. The van der Waals surface area contributed by atoms with Crippen LogP contribution in [0.1, 0.15) is 39.2 Å². The SMILES string of the molecule is CC1CN(C(=O)C2CCCN2Cc2ccccc2F)C(C)(C)CO1. The van der Waals surface area contributed by atoms with Gasteiger partial charge in [-0.15, -0.1) is 0 Å². The highest BCUT2D eigenvalue weighted by Crippen LogP contribution is 2.28. The topological polar surface area (TPSA) is 32.8 Å². The van der Waals surface area contributed by atoms with Crippen molar-refractivity contribution in [2.24, 2.45) is 0 Å². The van der Waals surface area contributed by atoms with Gasteiger partial charge in [0.25, 0.3) is 0 Å². The third kappa shape index (κ3) is 3.47. The highest BCUT2D eigenvalue weighted by molar-refractivity contribution is 5.83. The Morgan fingerprint density at radius 1 is 1.38 bits per heavy atom. The molecule has 0 bridgehead atoms. The zero-order valence-corrected chi connectivity index (χ0v) is 14.8. The molecule has 3 rings (SSSR count). The number of benzene rings is 1. The Labute approximate surface area is 143 Å². The van der Waals surface area contributed by atoms with Crippen LogP contribution in [0.5, 0.6) is 0 Å². The van der Waals surface area contributed by atoms with E-state index in [0.717, 1.165) is 19.4 Å². The second-order valence-corrected chi connectivity index (χ2v) is 7.60. The Bertz CT molecular complexity index is 605. The molecular formula is C19H27FN2O2. The Morgan fingerprint density at radius 3 is 2.88 bits per heavy atom. The monoisotopic (exact) mass is 334 g/mol. The lowest BCUT2D eigenvalue weighted by molar-refractivity contribution is -0.157. The van der Waals surface area contributed by atoms with Crippen molar-refractivity contribution in [3.8, 4) is 0 Å². The minimum absolute atomic E-state index is 0.0587. The van der Waals surface area contributed by atoms with Crippen LogP contribution in [0.2, 0.25) is 0 Å². The van der Waals surface area contributed by atoms with Crippen molar-refractivity contribution in [2.45, 2.75) is 57.8 Å². The molecule has 0 spiro atoms. The largest absolute Gasteiger partial charge is 0.374 e. The third-order valence-corrected chi connectivity index (χ3v) is 5.14. The van der Waals surface area contributed by atoms with Crippen molar-refractivity contribution in [3.05, 3.63) is 35.6 Å². The van der Waals surface area contributed by atoms with E-state index >= 15 is 0 Å². The zero-order chi connectivity index (χ0) is 17.3. The fourth-order valence-electron chi connectivity index (χ4n) is 3.69. The van der Waals surface area contributed by atoms with Crippen molar-refractivity contribution in [1.82, 2.24) is 9.80 Å². The van der Waals surface area contributed by atoms with E-state index < -0.39 is 0 Å². The molecule has 2 saturated heterocycles. The summed E-state index contributed by atoms with van der Waals surface area (Å²) < 4.78 is 19.7. The smallest absolute Gasteiger partial charge is 0.240 e. The number of morpholine rings is 1. The van der Waals surface area contributed by atoms with E-state index in [9.17, 15) is 9.18 Å². The lowest BCUT2D eigenvalue weighted by Crippen LogP contribution is -2.61. The summed E-state index contributed by atoms with van der Waals surface area (Å²) in [6.07, 6.45) is 1.88. The predicted octanol–water partition coefficient (Wildman–Crippen LogP) is 2.82. The molecule has 0 saturated carbocycles. The number of rotatable bonds is 3. The van der Waals surface area contributed by atoms with E-state index in [-0.39, 0.29) is 29.4 Å². The predicted molar refractivity (Wildman–Crippen MR) is 91.0 cm³/mol. The van der Waals surface area contributed by atoms with Gasteiger partial charge in [0.2, 0.25) is 5.91 Å². The van der Waals surface area contributed by atoms with Gasteiger partial charge in [0.15, 0.2) is 0 Å². The molecule has 132 valence electrons. The first-order valence-corrected chi connectivity index (χ1v) is 8.79. The molecule has 24 heavy (non-hydrogen) atoms. The third-order valence-electron chi connectivity index (χ3n) is 5.14. The molecule has 0 N–H and O–H groups in total. The molecule has 0 radical (unpaired) electrons. The lowest BCUT2D eigenvalue weighted by atomic mass is 9.99. The van der Waals surface area contributed by atoms with E-state index in [1.54, 1.807) is 12.1 Å². The molecule has 0 aliphatic carbocycles. The molecule has 1 aromatic carbocycles. The molecular weight excluding hydrogens is 307 g/mol. The average Bonchev–Trinajstić information content (AvgIpc) is 2.99. The fourth-order valence-corrected chi connectivity index (χ4v) is 3.69. The normalized spacial score (nSPS) is 27.4. The van der Waals surface area contributed by atoms with Crippen LogP contribution in [0.4, 0.5) is 4.39 Å². The average molecular weight is 334 g/mol. The number of carbonyl (C=O) groups is 1. The molecule has 2 atom stereocenters. The Balaban J connectivity index is 1.75. The lowest BCUT2D eigenvalue weighted by Gasteiger charge is -2.46. The summed E-state index contributed by atoms with van der Waals surface area (Å²) in [6, 6.07) is 6.67. The molecule has 2 heterocycles. The first-order chi connectivity index (χ1) is 11.4. The van der Waals surface area contributed by atoms with Gasteiger partial charge in [0.1, 0.15) is 5.82 Å². The van der Waals surface area contributed by atoms with Crippen molar-refractivity contribution in [2.75, 3.05) is 19.7 Å². The van der Waals surface area contributed by atoms with Gasteiger partial charge in [-0.1, -0.05) is 18.2 Å². The van der Waals surface area contributed by atoms with Gasteiger partial charge in [-0.05, 0) is 46.2 Å². The van der Waals surface area contributed by atoms with E-state index in [4.69, 9.17) is 4.74 Å². The number of ether oxygens (including phenoxy) is 1. The zero-order valence-electron chi connectivity index (χ0n) is 14.8. The number of nitrogens with zero attached hydrogens (tertiary/aromatic N) is 2. The van der Waals surface area contributed by atoms with Crippen LogP contribution < -0.4 is 0 Å². The highest BCUT2D eigenvalue weighted by Gasteiger charge is 2.42. The molecule has 5 heteroatoms. The van der Waals surface area contributed by atoms with Gasteiger partial charge >= 0.3 is 0 Å². The summed E-state index contributed by atoms with van der Waals surface area (Å²) in [5.74, 6) is -0.0417. The quantitative estimate of drug-likeness (QED) is 0.852. The maximum absolute atomic E-state index is 14.0. The summed E-state index contributed by atoms with van der Waals surface area (Å²) in [4.78, 5) is 17.3. The minimum Gasteiger partial charge on any atom is -0.374 e. The summed E-state index contributed by atoms with van der Waals surface area (Å²) in [6.45, 7) is 8.60. The van der Waals surface area contributed by atoms with E-state index in [2.05, 4.69) is 4.90 Å². The Morgan fingerprint density at radius 2 is 2.12 bits per heavy atom. The minimum atomic E-state index is -0.296. The number of likely N-dealkylation sites (tertiary alicyclic amines) is 1. The van der Waals surface area contributed by atoms with Crippen LogP contribution in [0.25, 0.3) is 0 Å². The number of carbonyl (C=O) groups excluding carboxylic acids is 1. The summed E-state index contributed by atoms with van der Waals surface area (Å²) in [5.41, 5.74) is 0.363. The molecule has 1 amide bonds. The molecule has 2 fully saturated rings. The first-order valence-electron chi connectivity index (χ1n) is 8.79. The van der Waals surface area contributed by atoms with E-state index in [1.807, 2.05) is 31.7 Å². The number of hydrogen-bond acceptors (Lipinski definition) is 3. The molecule has 4 nitrogen and oxygen atoms in total. The highest BCUT2D eigenvalue weighted by atomic mass is 19.1. The van der Waals surface area contributed by atoms with E-state index in [1.165, 1.54) is 6.07 Å². The molecule has 2 aliphatic rings. The standard InChI is InChI=1S/C19H27FN2O2/c1-14-11-22(19(2,3)13-24-14)18(23)17-9-6-10-21(17)12-15-7-4-5-8-16(15)20/h4-5,7-8,14,17H,6,9-13H2,1-3H3. The molecule has 2 unspecified atom stereocenters. The maximum atomic E-state index is 14.0.